The van der Waals surface area contributed by atoms with Gasteiger partial charge in [0.25, 0.3) is 0 Å². The van der Waals surface area contributed by atoms with Crippen LogP contribution in [0.5, 0.6) is 0 Å². The summed E-state index contributed by atoms with van der Waals surface area (Å²) in [4.78, 5) is 6.90. The molecule has 0 spiro atoms. The van der Waals surface area contributed by atoms with Crippen molar-refractivity contribution >= 4 is 0 Å². The van der Waals surface area contributed by atoms with Crippen LogP contribution in [0.1, 0.15) is 25.2 Å². The number of hydrogen-bond donors (Lipinski definition) is 1. The Balaban J connectivity index is 2.55. The molecule has 0 aliphatic carbocycles. The van der Waals surface area contributed by atoms with Crippen LogP contribution in [0.15, 0.2) is 18.2 Å². The summed E-state index contributed by atoms with van der Waals surface area (Å²) in [6.45, 7) is 7.66. The third-order valence-corrected chi connectivity index (χ3v) is 2.99. The van der Waals surface area contributed by atoms with Gasteiger partial charge >= 0.3 is 0 Å². The van der Waals surface area contributed by atoms with Gasteiger partial charge in [-0.15, -0.1) is 0 Å². The summed E-state index contributed by atoms with van der Waals surface area (Å²) in [5.74, 6) is 0. The third kappa shape index (κ3) is 5.12. The number of methoxy groups -OCH3 is 1. The van der Waals surface area contributed by atoms with E-state index in [4.69, 9.17) is 4.74 Å². The van der Waals surface area contributed by atoms with E-state index in [9.17, 15) is 0 Å². The minimum Gasteiger partial charge on any atom is -0.383 e. The van der Waals surface area contributed by atoms with Gasteiger partial charge in [-0.1, -0.05) is 13.0 Å². The van der Waals surface area contributed by atoms with Crippen LogP contribution in [0, 0.1) is 0 Å². The Hall–Kier alpha value is -0.970. The van der Waals surface area contributed by atoms with Crippen molar-refractivity contribution in [2.24, 2.45) is 0 Å². The summed E-state index contributed by atoms with van der Waals surface area (Å²) in [6, 6.07) is 6.61. The average Bonchev–Trinajstić information content (AvgIpc) is 2.37. The summed E-state index contributed by atoms with van der Waals surface area (Å²) in [6.07, 6.45) is 0. The average molecular weight is 251 g/mol. The van der Waals surface area contributed by atoms with Crippen molar-refractivity contribution < 1.29 is 4.74 Å². The topological polar surface area (TPSA) is 37.4 Å². The van der Waals surface area contributed by atoms with Gasteiger partial charge in [0.1, 0.15) is 0 Å². The molecule has 0 aromatic carbocycles. The molecule has 0 radical (unpaired) electrons. The molecule has 0 fully saturated rings. The fraction of sp³-hybridized carbons (Fsp3) is 0.643. The molecule has 4 heteroatoms. The molecule has 0 aliphatic rings. The molecule has 1 heterocycles. The number of pyridine rings is 1. The molecular weight excluding hydrogens is 226 g/mol. The van der Waals surface area contributed by atoms with Crippen LogP contribution in [-0.4, -0.2) is 43.2 Å². The second-order valence-electron chi connectivity index (χ2n) is 4.62. The summed E-state index contributed by atoms with van der Waals surface area (Å²) >= 11 is 0. The summed E-state index contributed by atoms with van der Waals surface area (Å²) in [5.41, 5.74) is 2.21. The standard InChI is InChI=1S/C14H25N3O/c1-5-15-9-13-7-6-8-14(16-13)10-17(3)12(2)11-18-4/h6-8,12,15H,5,9-11H2,1-4H3. The lowest BCUT2D eigenvalue weighted by Gasteiger charge is -2.23. The molecule has 1 aromatic heterocycles. The molecule has 0 bridgehead atoms. The number of hydrogen-bond acceptors (Lipinski definition) is 4. The highest BCUT2D eigenvalue weighted by molar-refractivity contribution is 5.11. The first-order valence-electron chi connectivity index (χ1n) is 6.52. The molecule has 18 heavy (non-hydrogen) atoms. The normalized spacial score (nSPS) is 12.9. The van der Waals surface area contributed by atoms with Crippen molar-refractivity contribution in [3.63, 3.8) is 0 Å². The van der Waals surface area contributed by atoms with Crippen LogP contribution in [0.25, 0.3) is 0 Å². The summed E-state index contributed by atoms with van der Waals surface area (Å²) in [5, 5.41) is 3.29. The van der Waals surface area contributed by atoms with E-state index in [0.29, 0.717) is 6.04 Å². The van der Waals surface area contributed by atoms with E-state index in [2.05, 4.69) is 54.3 Å². The smallest absolute Gasteiger partial charge is 0.0615 e. The van der Waals surface area contributed by atoms with Crippen LogP contribution in [-0.2, 0) is 17.8 Å². The summed E-state index contributed by atoms with van der Waals surface area (Å²) in [7, 11) is 3.84. The first-order chi connectivity index (χ1) is 8.67. The maximum absolute atomic E-state index is 5.17. The molecule has 1 aromatic rings. The van der Waals surface area contributed by atoms with Crippen molar-refractivity contribution in [2.45, 2.75) is 33.0 Å². The van der Waals surface area contributed by atoms with Gasteiger partial charge in [-0.05, 0) is 32.6 Å². The fourth-order valence-corrected chi connectivity index (χ4v) is 1.75. The second kappa shape index (κ2) is 8.19. The van der Waals surface area contributed by atoms with Crippen molar-refractivity contribution in [2.75, 3.05) is 27.3 Å². The molecule has 0 saturated heterocycles. The minimum absolute atomic E-state index is 0.397. The zero-order valence-electron chi connectivity index (χ0n) is 11.9. The van der Waals surface area contributed by atoms with Crippen LogP contribution in [0.4, 0.5) is 0 Å². The highest BCUT2D eigenvalue weighted by Crippen LogP contribution is 2.05. The Morgan fingerprint density at radius 1 is 1.39 bits per heavy atom. The van der Waals surface area contributed by atoms with Crippen LogP contribution < -0.4 is 5.32 Å². The molecule has 0 amide bonds. The molecule has 1 unspecified atom stereocenters. The van der Waals surface area contributed by atoms with Gasteiger partial charge < -0.3 is 10.1 Å². The predicted octanol–water partition coefficient (Wildman–Crippen LogP) is 1.66. The lowest BCUT2D eigenvalue weighted by atomic mass is 10.2. The predicted molar refractivity (Wildman–Crippen MR) is 74.4 cm³/mol. The van der Waals surface area contributed by atoms with Crippen molar-refractivity contribution in [3.05, 3.63) is 29.6 Å². The first kappa shape index (κ1) is 15.1. The Labute approximate surface area is 110 Å². The molecule has 1 atom stereocenters. The van der Waals surface area contributed by atoms with E-state index in [-0.39, 0.29) is 0 Å². The molecule has 1 rings (SSSR count). The van der Waals surface area contributed by atoms with E-state index < -0.39 is 0 Å². The van der Waals surface area contributed by atoms with E-state index in [1.807, 2.05) is 0 Å². The lowest BCUT2D eigenvalue weighted by molar-refractivity contribution is 0.111. The third-order valence-electron chi connectivity index (χ3n) is 2.99. The fourth-order valence-electron chi connectivity index (χ4n) is 1.75. The zero-order valence-corrected chi connectivity index (χ0v) is 11.9. The van der Waals surface area contributed by atoms with Gasteiger partial charge in [0, 0.05) is 26.2 Å². The number of aromatic nitrogens is 1. The number of likely N-dealkylation sites (N-methyl/N-ethyl adjacent to an activating group) is 1. The van der Waals surface area contributed by atoms with Crippen LogP contribution >= 0.6 is 0 Å². The molecule has 0 aliphatic heterocycles. The molecule has 0 saturated carbocycles. The minimum atomic E-state index is 0.397. The number of rotatable bonds is 8. The molecule has 1 N–H and O–H groups in total. The van der Waals surface area contributed by atoms with Crippen molar-refractivity contribution in [3.8, 4) is 0 Å². The highest BCUT2D eigenvalue weighted by atomic mass is 16.5. The Bertz CT molecular complexity index is 344. The quantitative estimate of drug-likeness (QED) is 0.762. The highest BCUT2D eigenvalue weighted by Gasteiger charge is 2.10. The van der Waals surface area contributed by atoms with Gasteiger partial charge in [-0.25, -0.2) is 0 Å². The second-order valence-corrected chi connectivity index (χ2v) is 4.62. The lowest BCUT2D eigenvalue weighted by Crippen LogP contribution is -2.32. The maximum atomic E-state index is 5.17. The Morgan fingerprint density at radius 2 is 2.11 bits per heavy atom. The van der Waals surface area contributed by atoms with Crippen molar-refractivity contribution in [1.82, 2.24) is 15.2 Å². The van der Waals surface area contributed by atoms with E-state index in [1.165, 1.54) is 0 Å². The van der Waals surface area contributed by atoms with E-state index >= 15 is 0 Å². The Kier molecular flexibility index (Phi) is 6.86. The largest absolute Gasteiger partial charge is 0.383 e. The SMILES string of the molecule is CCNCc1cccc(CN(C)C(C)COC)n1. The van der Waals surface area contributed by atoms with Crippen molar-refractivity contribution in [1.29, 1.82) is 0 Å². The zero-order chi connectivity index (χ0) is 13.4. The maximum Gasteiger partial charge on any atom is 0.0615 e. The van der Waals surface area contributed by atoms with E-state index in [1.54, 1.807) is 7.11 Å². The first-order valence-corrected chi connectivity index (χ1v) is 6.52. The van der Waals surface area contributed by atoms with Crippen LogP contribution in [0.3, 0.4) is 0 Å². The van der Waals surface area contributed by atoms with Gasteiger partial charge in [0.2, 0.25) is 0 Å². The number of ether oxygens (including phenoxy) is 1. The molecule has 102 valence electrons. The number of nitrogens with zero attached hydrogens (tertiary/aromatic N) is 2. The number of nitrogens with one attached hydrogen (secondary N) is 1. The van der Waals surface area contributed by atoms with Gasteiger partial charge in [0.05, 0.1) is 18.0 Å². The Morgan fingerprint density at radius 3 is 2.78 bits per heavy atom. The van der Waals surface area contributed by atoms with Gasteiger partial charge in [-0.2, -0.15) is 0 Å². The molecular formula is C14H25N3O. The van der Waals surface area contributed by atoms with Crippen LogP contribution in [0.2, 0.25) is 0 Å². The van der Waals surface area contributed by atoms with Gasteiger partial charge in [0.15, 0.2) is 0 Å². The van der Waals surface area contributed by atoms with Gasteiger partial charge in [-0.3, -0.25) is 9.88 Å². The monoisotopic (exact) mass is 251 g/mol. The summed E-state index contributed by atoms with van der Waals surface area (Å²) < 4.78 is 5.17. The molecule has 4 nitrogen and oxygen atoms in total. The van der Waals surface area contributed by atoms with E-state index in [0.717, 1.165) is 37.6 Å².